The maximum atomic E-state index is 13.8. The Bertz CT molecular complexity index is 380. The fraction of sp³-hybridized carbons (Fsp3) is 0.571. The minimum Gasteiger partial charge on any atom is -0.494 e. The molecule has 0 saturated heterocycles. The SMILES string of the molecule is CCOC(C)(C)CNCc1cccc(OC)c1F. The monoisotopic (exact) mass is 255 g/mol. The normalized spacial score (nSPS) is 11.6. The molecule has 0 spiro atoms. The zero-order chi connectivity index (χ0) is 13.6. The molecule has 3 nitrogen and oxygen atoms in total. The summed E-state index contributed by atoms with van der Waals surface area (Å²) in [5.74, 6) is -0.0277. The molecule has 1 aromatic rings. The number of benzene rings is 1. The Hall–Kier alpha value is -1.13. The van der Waals surface area contributed by atoms with E-state index < -0.39 is 0 Å². The van der Waals surface area contributed by atoms with Gasteiger partial charge in [0.2, 0.25) is 0 Å². The largest absolute Gasteiger partial charge is 0.494 e. The van der Waals surface area contributed by atoms with Crippen LogP contribution in [0.3, 0.4) is 0 Å². The number of hydrogen-bond acceptors (Lipinski definition) is 3. The first kappa shape index (κ1) is 14.9. The Kier molecular flexibility index (Phi) is 5.56. The van der Waals surface area contributed by atoms with Gasteiger partial charge >= 0.3 is 0 Å². The van der Waals surface area contributed by atoms with Crippen LogP contribution in [0.2, 0.25) is 0 Å². The van der Waals surface area contributed by atoms with Crippen LogP contribution in [-0.2, 0) is 11.3 Å². The van der Waals surface area contributed by atoms with E-state index in [2.05, 4.69) is 5.32 Å². The van der Waals surface area contributed by atoms with Crippen LogP contribution in [0.25, 0.3) is 0 Å². The Balaban J connectivity index is 2.54. The van der Waals surface area contributed by atoms with Crippen LogP contribution in [0, 0.1) is 5.82 Å². The van der Waals surface area contributed by atoms with E-state index >= 15 is 0 Å². The van der Waals surface area contributed by atoms with Crippen LogP contribution in [0.1, 0.15) is 26.3 Å². The molecule has 1 N–H and O–H groups in total. The van der Waals surface area contributed by atoms with Crippen molar-refractivity contribution < 1.29 is 13.9 Å². The zero-order valence-electron chi connectivity index (χ0n) is 11.5. The van der Waals surface area contributed by atoms with Crippen LogP contribution in [-0.4, -0.2) is 25.9 Å². The van der Waals surface area contributed by atoms with Gasteiger partial charge in [-0.25, -0.2) is 4.39 Å². The fourth-order valence-electron chi connectivity index (χ4n) is 1.79. The molecule has 0 saturated carbocycles. The van der Waals surface area contributed by atoms with Crippen molar-refractivity contribution in [2.75, 3.05) is 20.3 Å². The summed E-state index contributed by atoms with van der Waals surface area (Å²) in [5.41, 5.74) is 0.353. The molecule has 102 valence electrons. The summed E-state index contributed by atoms with van der Waals surface area (Å²) in [4.78, 5) is 0. The first-order valence-corrected chi connectivity index (χ1v) is 6.16. The quantitative estimate of drug-likeness (QED) is 0.812. The van der Waals surface area contributed by atoms with Gasteiger partial charge < -0.3 is 14.8 Å². The number of methoxy groups -OCH3 is 1. The molecule has 1 aromatic carbocycles. The third kappa shape index (κ3) is 4.27. The van der Waals surface area contributed by atoms with Crippen molar-refractivity contribution in [3.8, 4) is 5.75 Å². The van der Waals surface area contributed by atoms with Crippen molar-refractivity contribution in [2.45, 2.75) is 32.9 Å². The Labute approximate surface area is 108 Å². The number of ether oxygens (including phenoxy) is 2. The molecule has 0 aliphatic heterocycles. The van der Waals surface area contributed by atoms with Gasteiger partial charge in [0.15, 0.2) is 11.6 Å². The van der Waals surface area contributed by atoms with Gasteiger partial charge in [0, 0.05) is 25.3 Å². The average molecular weight is 255 g/mol. The molecule has 0 aliphatic rings. The first-order chi connectivity index (χ1) is 8.50. The van der Waals surface area contributed by atoms with Crippen LogP contribution < -0.4 is 10.1 Å². The maximum Gasteiger partial charge on any atom is 0.169 e. The molecule has 0 bridgehead atoms. The highest BCUT2D eigenvalue weighted by molar-refractivity contribution is 5.30. The van der Waals surface area contributed by atoms with Gasteiger partial charge in [-0.1, -0.05) is 12.1 Å². The predicted molar refractivity (Wildman–Crippen MR) is 70.4 cm³/mol. The molecule has 0 unspecified atom stereocenters. The van der Waals surface area contributed by atoms with E-state index in [4.69, 9.17) is 9.47 Å². The minimum absolute atomic E-state index is 0.246. The van der Waals surface area contributed by atoms with Crippen molar-refractivity contribution in [3.05, 3.63) is 29.6 Å². The Morgan fingerprint density at radius 3 is 2.67 bits per heavy atom. The standard InChI is InChI=1S/C14H22FNO2/c1-5-18-14(2,3)10-16-9-11-7-6-8-12(17-4)13(11)15/h6-8,16H,5,9-10H2,1-4H3. The van der Waals surface area contributed by atoms with Crippen molar-refractivity contribution in [2.24, 2.45) is 0 Å². The van der Waals surface area contributed by atoms with E-state index in [-0.39, 0.29) is 17.2 Å². The second-order valence-electron chi connectivity index (χ2n) is 4.73. The smallest absolute Gasteiger partial charge is 0.169 e. The highest BCUT2D eigenvalue weighted by atomic mass is 19.1. The second kappa shape index (κ2) is 6.71. The average Bonchev–Trinajstić information content (AvgIpc) is 2.31. The molecule has 4 heteroatoms. The number of hydrogen-bond donors (Lipinski definition) is 1. The lowest BCUT2D eigenvalue weighted by Crippen LogP contribution is -2.37. The molecular formula is C14H22FNO2. The van der Waals surface area contributed by atoms with E-state index in [0.717, 1.165) is 0 Å². The summed E-state index contributed by atoms with van der Waals surface area (Å²) in [6, 6.07) is 5.15. The summed E-state index contributed by atoms with van der Waals surface area (Å²) in [6.07, 6.45) is 0. The highest BCUT2D eigenvalue weighted by Crippen LogP contribution is 2.19. The number of halogens is 1. The third-order valence-electron chi connectivity index (χ3n) is 2.66. The van der Waals surface area contributed by atoms with Crippen LogP contribution in [0.5, 0.6) is 5.75 Å². The van der Waals surface area contributed by atoms with Crippen LogP contribution >= 0.6 is 0 Å². The fourth-order valence-corrected chi connectivity index (χ4v) is 1.79. The summed E-state index contributed by atoms with van der Waals surface area (Å²) in [7, 11) is 1.47. The van der Waals surface area contributed by atoms with Crippen molar-refractivity contribution >= 4 is 0 Å². The lowest BCUT2D eigenvalue weighted by atomic mass is 10.1. The number of nitrogens with one attached hydrogen (secondary N) is 1. The molecule has 18 heavy (non-hydrogen) atoms. The van der Waals surface area contributed by atoms with Crippen molar-refractivity contribution in [1.29, 1.82) is 0 Å². The third-order valence-corrected chi connectivity index (χ3v) is 2.66. The lowest BCUT2D eigenvalue weighted by molar-refractivity contribution is -0.00901. The number of rotatable bonds is 7. The van der Waals surface area contributed by atoms with Crippen LogP contribution in [0.15, 0.2) is 18.2 Å². The van der Waals surface area contributed by atoms with E-state index in [1.807, 2.05) is 20.8 Å². The summed E-state index contributed by atoms with van der Waals surface area (Å²) < 4.78 is 24.4. The van der Waals surface area contributed by atoms with Crippen molar-refractivity contribution in [1.82, 2.24) is 5.32 Å². The Morgan fingerprint density at radius 2 is 2.06 bits per heavy atom. The summed E-state index contributed by atoms with van der Waals surface area (Å²) >= 11 is 0. The molecule has 0 fully saturated rings. The van der Waals surface area contributed by atoms with E-state index in [9.17, 15) is 4.39 Å². The minimum atomic E-state index is -0.304. The molecule has 0 aliphatic carbocycles. The highest BCUT2D eigenvalue weighted by Gasteiger charge is 2.17. The van der Waals surface area contributed by atoms with Gasteiger partial charge in [0.1, 0.15) is 0 Å². The van der Waals surface area contributed by atoms with E-state index in [0.29, 0.717) is 25.3 Å². The van der Waals surface area contributed by atoms with Gasteiger partial charge in [-0.15, -0.1) is 0 Å². The maximum absolute atomic E-state index is 13.8. The van der Waals surface area contributed by atoms with Gasteiger partial charge in [-0.3, -0.25) is 0 Å². The molecule has 1 rings (SSSR count). The predicted octanol–water partition coefficient (Wildman–Crippen LogP) is 2.74. The first-order valence-electron chi connectivity index (χ1n) is 6.16. The van der Waals surface area contributed by atoms with Gasteiger partial charge in [-0.05, 0) is 26.8 Å². The molecule has 0 heterocycles. The molecular weight excluding hydrogens is 233 g/mol. The van der Waals surface area contributed by atoms with Gasteiger partial charge in [0.25, 0.3) is 0 Å². The van der Waals surface area contributed by atoms with Crippen molar-refractivity contribution in [3.63, 3.8) is 0 Å². The van der Waals surface area contributed by atoms with Gasteiger partial charge in [0.05, 0.1) is 12.7 Å². The summed E-state index contributed by atoms with van der Waals surface area (Å²) in [5, 5.41) is 3.20. The van der Waals surface area contributed by atoms with Gasteiger partial charge in [-0.2, -0.15) is 0 Å². The molecule has 0 radical (unpaired) electrons. The van der Waals surface area contributed by atoms with Crippen LogP contribution in [0.4, 0.5) is 4.39 Å². The molecule has 0 atom stereocenters. The topological polar surface area (TPSA) is 30.5 Å². The second-order valence-corrected chi connectivity index (χ2v) is 4.73. The summed E-state index contributed by atoms with van der Waals surface area (Å²) in [6.45, 7) is 7.76. The molecule has 0 aromatic heterocycles. The zero-order valence-corrected chi connectivity index (χ0v) is 11.5. The Morgan fingerprint density at radius 1 is 1.33 bits per heavy atom. The van der Waals surface area contributed by atoms with E-state index in [1.165, 1.54) is 7.11 Å². The molecule has 0 amide bonds. The lowest BCUT2D eigenvalue weighted by Gasteiger charge is -2.25. The van der Waals surface area contributed by atoms with E-state index in [1.54, 1.807) is 18.2 Å².